The number of hydrogen-bond acceptors (Lipinski definition) is 5. The number of rotatable bonds is 8. The van der Waals surface area contributed by atoms with E-state index in [0.717, 1.165) is 11.3 Å². The zero-order valence-electron chi connectivity index (χ0n) is 14.4. The number of sulfonamides is 1. The maximum absolute atomic E-state index is 12.2. The first-order valence-electron chi connectivity index (χ1n) is 7.95. The molecule has 0 aliphatic carbocycles. The zero-order chi connectivity index (χ0) is 19.3. The Morgan fingerprint density at radius 3 is 2.35 bits per heavy atom. The molecule has 9 heteroatoms. The van der Waals surface area contributed by atoms with Crippen molar-refractivity contribution in [1.82, 2.24) is 10.0 Å². The van der Waals surface area contributed by atoms with Gasteiger partial charge in [-0.15, -0.1) is 11.3 Å². The second kappa shape index (κ2) is 8.43. The van der Waals surface area contributed by atoms with Crippen LogP contribution in [0.25, 0.3) is 0 Å². The highest BCUT2D eigenvalue weighted by Gasteiger charge is 2.17. The molecule has 0 saturated heterocycles. The summed E-state index contributed by atoms with van der Waals surface area (Å²) in [5.41, 5.74) is 0.322. The summed E-state index contributed by atoms with van der Waals surface area (Å²) in [6, 6.07) is 8.60. The summed E-state index contributed by atoms with van der Waals surface area (Å²) >= 11 is 1.09. The van der Waals surface area contributed by atoms with Crippen LogP contribution in [0.3, 0.4) is 0 Å². The first-order valence-corrected chi connectivity index (χ1v) is 10.3. The summed E-state index contributed by atoms with van der Waals surface area (Å²) in [7, 11) is -3.61. The largest absolute Gasteiger partial charge is 0.477 e. The van der Waals surface area contributed by atoms with Crippen LogP contribution in [-0.2, 0) is 16.6 Å². The lowest BCUT2D eigenvalue weighted by atomic mass is 10.2. The van der Waals surface area contributed by atoms with Gasteiger partial charge < -0.3 is 10.4 Å². The van der Waals surface area contributed by atoms with Gasteiger partial charge in [0.15, 0.2) is 0 Å². The molecular weight excluding hydrogens is 376 g/mol. The van der Waals surface area contributed by atoms with Crippen LogP contribution in [0.5, 0.6) is 0 Å². The normalized spacial score (nSPS) is 12.5. The Morgan fingerprint density at radius 2 is 1.81 bits per heavy atom. The van der Waals surface area contributed by atoms with Crippen LogP contribution in [0.4, 0.5) is 0 Å². The molecule has 3 N–H and O–H groups in total. The molecule has 0 bridgehead atoms. The van der Waals surface area contributed by atoms with Crippen molar-refractivity contribution >= 4 is 33.2 Å². The number of carboxylic acids is 1. The van der Waals surface area contributed by atoms with Gasteiger partial charge in [-0.1, -0.05) is 6.92 Å². The predicted octanol–water partition coefficient (Wildman–Crippen LogP) is 2.45. The molecule has 1 amide bonds. The molecule has 1 aromatic carbocycles. The van der Waals surface area contributed by atoms with Crippen molar-refractivity contribution < 1.29 is 23.1 Å². The molecule has 140 valence electrons. The van der Waals surface area contributed by atoms with Crippen molar-refractivity contribution in [3.05, 3.63) is 51.7 Å². The van der Waals surface area contributed by atoms with E-state index in [1.165, 1.54) is 30.3 Å². The summed E-state index contributed by atoms with van der Waals surface area (Å²) in [5, 5.41) is 11.6. The topological polar surface area (TPSA) is 113 Å². The maximum Gasteiger partial charge on any atom is 0.345 e. The van der Waals surface area contributed by atoms with E-state index in [-0.39, 0.29) is 28.3 Å². The Balaban J connectivity index is 2.00. The molecule has 0 aliphatic rings. The van der Waals surface area contributed by atoms with Gasteiger partial charge in [0.2, 0.25) is 10.0 Å². The smallest absolute Gasteiger partial charge is 0.345 e. The Hall–Kier alpha value is -2.23. The molecule has 2 rings (SSSR count). The minimum absolute atomic E-state index is 0.0960. The minimum Gasteiger partial charge on any atom is -0.477 e. The van der Waals surface area contributed by atoms with E-state index in [1.807, 2.05) is 6.92 Å². The Bertz CT molecular complexity index is 888. The molecule has 0 saturated carbocycles. The Kier molecular flexibility index (Phi) is 6.52. The third-order valence-corrected chi connectivity index (χ3v) is 6.37. The summed E-state index contributed by atoms with van der Waals surface area (Å²) < 4.78 is 26.9. The molecule has 26 heavy (non-hydrogen) atoms. The van der Waals surface area contributed by atoms with Crippen molar-refractivity contribution in [3.8, 4) is 0 Å². The lowest BCUT2D eigenvalue weighted by molar-refractivity contribution is 0.0702. The van der Waals surface area contributed by atoms with Crippen molar-refractivity contribution in [2.75, 3.05) is 0 Å². The molecule has 0 fully saturated rings. The summed E-state index contributed by atoms with van der Waals surface area (Å²) in [6.45, 7) is 3.86. The molecule has 0 spiro atoms. The lowest BCUT2D eigenvalue weighted by Crippen LogP contribution is -2.32. The average Bonchev–Trinajstić information content (AvgIpc) is 3.08. The van der Waals surface area contributed by atoms with Crippen molar-refractivity contribution in [1.29, 1.82) is 0 Å². The second-order valence-corrected chi connectivity index (χ2v) is 8.59. The third-order valence-electron chi connectivity index (χ3n) is 3.69. The van der Waals surface area contributed by atoms with Gasteiger partial charge in [-0.3, -0.25) is 4.79 Å². The number of aromatic carboxylic acids is 1. The van der Waals surface area contributed by atoms with Gasteiger partial charge in [0.25, 0.3) is 5.91 Å². The first kappa shape index (κ1) is 20.1. The Morgan fingerprint density at radius 1 is 1.15 bits per heavy atom. The minimum atomic E-state index is -3.61. The number of amides is 1. The van der Waals surface area contributed by atoms with E-state index in [4.69, 9.17) is 5.11 Å². The van der Waals surface area contributed by atoms with Crippen molar-refractivity contribution in [3.63, 3.8) is 0 Å². The Labute approximate surface area is 156 Å². The highest BCUT2D eigenvalue weighted by atomic mass is 32.2. The van der Waals surface area contributed by atoms with Crippen molar-refractivity contribution in [2.45, 2.75) is 37.8 Å². The molecule has 7 nitrogen and oxygen atoms in total. The SMILES string of the molecule is CCC(C)NS(=O)(=O)c1ccc(C(=O)NCc2ccc(C(=O)O)s2)cc1. The quantitative estimate of drug-likeness (QED) is 0.634. The van der Waals surface area contributed by atoms with E-state index in [1.54, 1.807) is 13.0 Å². The van der Waals surface area contributed by atoms with Crippen LogP contribution < -0.4 is 10.0 Å². The zero-order valence-corrected chi connectivity index (χ0v) is 16.0. The van der Waals surface area contributed by atoms with E-state index in [9.17, 15) is 18.0 Å². The number of thiophene rings is 1. The molecular formula is C17H20N2O5S2. The first-order chi connectivity index (χ1) is 12.2. The van der Waals surface area contributed by atoms with Gasteiger partial charge in [0.05, 0.1) is 11.4 Å². The molecule has 2 aromatic rings. The number of carbonyl (C=O) groups excluding carboxylic acids is 1. The number of benzene rings is 1. The van der Waals surface area contributed by atoms with Crippen LogP contribution in [0.1, 0.15) is 45.2 Å². The van der Waals surface area contributed by atoms with Crippen LogP contribution in [0.15, 0.2) is 41.3 Å². The average molecular weight is 396 g/mol. The second-order valence-electron chi connectivity index (χ2n) is 5.71. The van der Waals surface area contributed by atoms with Crippen LogP contribution in [0, 0.1) is 0 Å². The summed E-state index contributed by atoms with van der Waals surface area (Å²) in [6.07, 6.45) is 0.673. The standard InChI is InChI=1S/C17H20N2O5S2/c1-3-11(2)19-26(23,24)14-7-4-12(5-8-14)16(20)18-10-13-6-9-15(25-13)17(21)22/h4-9,11,19H,3,10H2,1-2H3,(H,18,20)(H,21,22). The number of carbonyl (C=O) groups is 2. The fraction of sp³-hybridized carbons (Fsp3) is 0.294. The fourth-order valence-corrected chi connectivity index (χ4v) is 4.17. The van der Waals surface area contributed by atoms with Crippen LogP contribution in [0.2, 0.25) is 0 Å². The maximum atomic E-state index is 12.2. The molecule has 0 aliphatic heterocycles. The molecule has 1 atom stereocenters. The monoisotopic (exact) mass is 396 g/mol. The third kappa shape index (κ3) is 5.13. The predicted molar refractivity (Wildman–Crippen MR) is 99.0 cm³/mol. The van der Waals surface area contributed by atoms with Gasteiger partial charge in [0, 0.05) is 16.5 Å². The molecule has 1 unspecified atom stereocenters. The van der Waals surface area contributed by atoms with E-state index in [2.05, 4.69) is 10.0 Å². The van der Waals surface area contributed by atoms with E-state index < -0.39 is 16.0 Å². The van der Waals surface area contributed by atoms with Gasteiger partial charge in [-0.05, 0) is 49.7 Å². The van der Waals surface area contributed by atoms with Crippen LogP contribution >= 0.6 is 11.3 Å². The summed E-state index contributed by atoms with van der Waals surface area (Å²) in [5.74, 6) is -1.37. The number of hydrogen-bond donors (Lipinski definition) is 3. The van der Waals surface area contributed by atoms with Gasteiger partial charge in [0.1, 0.15) is 4.88 Å². The molecule has 0 radical (unpaired) electrons. The number of nitrogens with one attached hydrogen (secondary N) is 2. The lowest BCUT2D eigenvalue weighted by Gasteiger charge is -2.12. The van der Waals surface area contributed by atoms with Gasteiger partial charge >= 0.3 is 5.97 Å². The highest BCUT2D eigenvalue weighted by Crippen LogP contribution is 2.16. The van der Waals surface area contributed by atoms with E-state index in [0.29, 0.717) is 16.9 Å². The van der Waals surface area contributed by atoms with Crippen molar-refractivity contribution in [2.24, 2.45) is 0 Å². The summed E-state index contributed by atoms with van der Waals surface area (Å²) in [4.78, 5) is 24.0. The van der Waals surface area contributed by atoms with E-state index >= 15 is 0 Å². The molecule has 1 heterocycles. The van der Waals surface area contributed by atoms with Crippen LogP contribution in [-0.4, -0.2) is 31.4 Å². The highest BCUT2D eigenvalue weighted by molar-refractivity contribution is 7.89. The van der Waals surface area contributed by atoms with Gasteiger partial charge in [-0.2, -0.15) is 0 Å². The molecule has 1 aromatic heterocycles. The van der Waals surface area contributed by atoms with Gasteiger partial charge in [-0.25, -0.2) is 17.9 Å². The number of carboxylic acid groups (broad SMARTS) is 1. The fourth-order valence-electron chi connectivity index (χ4n) is 2.06.